The van der Waals surface area contributed by atoms with Crippen molar-refractivity contribution in [1.29, 1.82) is 0 Å². The zero-order chi connectivity index (χ0) is 20.0. The summed E-state index contributed by atoms with van der Waals surface area (Å²) in [6.45, 7) is 7.48. The first-order valence-electron chi connectivity index (χ1n) is 10.1. The molecule has 2 aromatic rings. The molecule has 9 heteroatoms. The SMILES string of the molecule is C[C@@H]1CN(c2ccc3c(n2)N(C(=O)Nc2cnccn2)[C@H]2CCN3C2)C[C@H](C)O1. The van der Waals surface area contributed by atoms with Crippen LogP contribution in [0.4, 0.5) is 27.9 Å². The minimum absolute atomic E-state index is 0.101. The molecule has 0 unspecified atom stereocenters. The highest BCUT2D eigenvalue weighted by molar-refractivity contribution is 6.04. The second-order valence-electron chi connectivity index (χ2n) is 7.95. The lowest BCUT2D eigenvalue weighted by Gasteiger charge is -2.39. The van der Waals surface area contributed by atoms with Gasteiger partial charge in [-0.1, -0.05) is 0 Å². The van der Waals surface area contributed by atoms with Gasteiger partial charge in [0.15, 0.2) is 11.6 Å². The summed E-state index contributed by atoms with van der Waals surface area (Å²) in [5.41, 5.74) is 1.01. The summed E-state index contributed by atoms with van der Waals surface area (Å²) < 4.78 is 5.86. The number of anilines is 4. The molecule has 2 saturated heterocycles. The molecule has 2 bridgehead atoms. The molecule has 0 aromatic carbocycles. The number of pyridine rings is 1. The van der Waals surface area contributed by atoms with E-state index < -0.39 is 0 Å². The molecule has 2 amide bonds. The van der Waals surface area contributed by atoms with E-state index in [2.05, 4.69) is 51.1 Å². The molecular weight excluding hydrogens is 370 g/mol. The molecule has 5 rings (SSSR count). The monoisotopic (exact) mass is 395 g/mol. The number of hydrogen-bond acceptors (Lipinski definition) is 7. The molecule has 29 heavy (non-hydrogen) atoms. The fourth-order valence-electron chi connectivity index (χ4n) is 4.54. The molecule has 0 saturated carbocycles. The van der Waals surface area contributed by atoms with Crippen LogP contribution in [0.25, 0.3) is 0 Å². The van der Waals surface area contributed by atoms with Crippen LogP contribution in [0.15, 0.2) is 30.7 Å². The lowest BCUT2D eigenvalue weighted by atomic mass is 10.1. The number of carbonyl (C=O) groups excluding carboxylic acids is 1. The van der Waals surface area contributed by atoms with E-state index in [1.54, 1.807) is 23.5 Å². The van der Waals surface area contributed by atoms with Gasteiger partial charge in [0.2, 0.25) is 0 Å². The number of rotatable bonds is 2. The van der Waals surface area contributed by atoms with Crippen LogP contribution >= 0.6 is 0 Å². The second kappa shape index (κ2) is 7.14. The molecular formula is C20H25N7O2. The maximum Gasteiger partial charge on any atom is 0.329 e. The Morgan fingerprint density at radius 2 is 1.97 bits per heavy atom. The van der Waals surface area contributed by atoms with Gasteiger partial charge in [-0.25, -0.2) is 14.8 Å². The van der Waals surface area contributed by atoms with Crippen LogP contribution in [0.1, 0.15) is 20.3 Å². The normalized spacial score (nSPS) is 25.7. The minimum atomic E-state index is -0.216. The lowest BCUT2D eigenvalue weighted by Crippen LogP contribution is -2.49. The van der Waals surface area contributed by atoms with Gasteiger partial charge in [0.05, 0.1) is 30.1 Å². The Hall–Kier alpha value is -2.94. The molecule has 1 N–H and O–H groups in total. The smallest absolute Gasteiger partial charge is 0.329 e. The maximum atomic E-state index is 13.2. The third-order valence-electron chi connectivity index (χ3n) is 5.70. The molecule has 5 heterocycles. The minimum Gasteiger partial charge on any atom is -0.372 e. The molecule has 9 nitrogen and oxygen atoms in total. The zero-order valence-electron chi connectivity index (χ0n) is 16.7. The number of carbonyl (C=O) groups is 1. The standard InChI is InChI=1S/C20H25N7O2/c1-13-10-26(11-14(2)29-13)18-4-3-16-19(24-18)27(15-5-8-25(16)12-15)20(28)23-17-9-21-6-7-22-17/h3-4,6-7,9,13-15H,5,8,10-12H2,1-2H3,(H,22,23,28)/t13-,14+,15-/m0/s1. The van der Waals surface area contributed by atoms with Gasteiger partial charge in [0, 0.05) is 38.6 Å². The van der Waals surface area contributed by atoms with Crippen molar-refractivity contribution in [3.05, 3.63) is 30.7 Å². The highest BCUT2D eigenvalue weighted by atomic mass is 16.5. The van der Waals surface area contributed by atoms with Crippen molar-refractivity contribution in [2.45, 2.75) is 38.5 Å². The molecule has 2 aromatic heterocycles. The van der Waals surface area contributed by atoms with Crippen LogP contribution in [-0.4, -0.2) is 65.4 Å². The van der Waals surface area contributed by atoms with E-state index in [9.17, 15) is 4.79 Å². The van der Waals surface area contributed by atoms with E-state index in [0.29, 0.717) is 11.6 Å². The van der Waals surface area contributed by atoms with E-state index in [4.69, 9.17) is 9.72 Å². The maximum absolute atomic E-state index is 13.2. The van der Waals surface area contributed by atoms with Crippen LogP contribution in [0.3, 0.4) is 0 Å². The lowest BCUT2D eigenvalue weighted by molar-refractivity contribution is -0.00545. The van der Waals surface area contributed by atoms with E-state index in [1.807, 2.05) is 0 Å². The first-order chi connectivity index (χ1) is 14.1. The number of nitrogens with zero attached hydrogens (tertiary/aromatic N) is 6. The number of nitrogens with one attached hydrogen (secondary N) is 1. The molecule has 3 aliphatic heterocycles. The number of hydrogen-bond donors (Lipinski definition) is 1. The van der Waals surface area contributed by atoms with E-state index in [0.717, 1.165) is 44.1 Å². The van der Waals surface area contributed by atoms with Gasteiger partial charge in [-0.2, -0.15) is 0 Å². The van der Waals surface area contributed by atoms with E-state index >= 15 is 0 Å². The largest absolute Gasteiger partial charge is 0.372 e. The predicted octanol–water partition coefficient (Wildman–Crippen LogP) is 2.12. The van der Waals surface area contributed by atoms with Crippen molar-refractivity contribution >= 4 is 29.2 Å². The molecule has 2 fully saturated rings. The molecule has 3 aliphatic rings. The number of urea groups is 1. The topological polar surface area (TPSA) is 86.7 Å². The number of ether oxygens (including phenoxy) is 1. The van der Waals surface area contributed by atoms with Crippen LogP contribution in [-0.2, 0) is 4.74 Å². The first-order valence-corrected chi connectivity index (χ1v) is 10.1. The molecule has 152 valence electrons. The van der Waals surface area contributed by atoms with Crippen LogP contribution in [0, 0.1) is 0 Å². The summed E-state index contributed by atoms with van der Waals surface area (Å²) in [7, 11) is 0. The predicted molar refractivity (Wildman–Crippen MR) is 111 cm³/mol. The number of fused-ring (bicyclic) bond motifs is 4. The van der Waals surface area contributed by atoms with E-state index in [1.165, 1.54) is 0 Å². The van der Waals surface area contributed by atoms with Gasteiger partial charge < -0.3 is 14.5 Å². The van der Waals surface area contributed by atoms with Gasteiger partial charge in [-0.15, -0.1) is 0 Å². The van der Waals surface area contributed by atoms with Gasteiger partial charge in [-0.05, 0) is 32.4 Å². The Balaban J connectivity index is 1.47. The van der Waals surface area contributed by atoms with Gasteiger partial charge >= 0.3 is 6.03 Å². The highest BCUT2D eigenvalue weighted by Crippen LogP contribution is 2.40. The van der Waals surface area contributed by atoms with Crippen molar-refractivity contribution in [2.75, 3.05) is 46.2 Å². The summed E-state index contributed by atoms with van der Waals surface area (Å²) in [5.74, 6) is 2.03. The molecule has 0 spiro atoms. The quantitative estimate of drug-likeness (QED) is 0.833. The fourth-order valence-corrected chi connectivity index (χ4v) is 4.54. The van der Waals surface area contributed by atoms with Crippen molar-refractivity contribution in [1.82, 2.24) is 15.0 Å². The molecule has 3 atom stereocenters. The first kappa shape index (κ1) is 18.1. The second-order valence-corrected chi connectivity index (χ2v) is 7.95. The Bertz CT molecular complexity index is 899. The molecule has 0 aliphatic carbocycles. The summed E-state index contributed by atoms with van der Waals surface area (Å²) in [4.78, 5) is 32.7. The Labute approximate surface area is 169 Å². The van der Waals surface area contributed by atoms with Crippen molar-refractivity contribution in [3.63, 3.8) is 0 Å². The Morgan fingerprint density at radius 1 is 1.14 bits per heavy atom. The summed E-state index contributed by atoms with van der Waals surface area (Å²) >= 11 is 0. The van der Waals surface area contributed by atoms with Gasteiger partial charge in [-0.3, -0.25) is 15.2 Å². The summed E-state index contributed by atoms with van der Waals surface area (Å²) in [5, 5.41) is 2.87. The average molecular weight is 395 g/mol. The highest BCUT2D eigenvalue weighted by Gasteiger charge is 2.40. The number of aromatic nitrogens is 3. The van der Waals surface area contributed by atoms with Crippen LogP contribution < -0.4 is 20.0 Å². The van der Waals surface area contributed by atoms with Crippen molar-refractivity contribution in [3.8, 4) is 0 Å². The Kier molecular flexibility index (Phi) is 4.46. The summed E-state index contributed by atoms with van der Waals surface area (Å²) in [6, 6.07) is 4.03. The van der Waals surface area contributed by atoms with E-state index in [-0.39, 0.29) is 24.3 Å². The average Bonchev–Trinajstić information content (AvgIpc) is 3.12. The van der Waals surface area contributed by atoms with Crippen LogP contribution in [0.5, 0.6) is 0 Å². The third kappa shape index (κ3) is 3.35. The van der Waals surface area contributed by atoms with Crippen molar-refractivity contribution in [2.24, 2.45) is 0 Å². The van der Waals surface area contributed by atoms with Gasteiger partial charge in [0.1, 0.15) is 5.82 Å². The number of amides is 2. The molecule has 0 radical (unpaired) electrons. The van der Waals surface area contributed by atoms with Crippen molar-refractivity contribution < 1.29 is 9.53 Å². The van der Waals surface area contributed by atoms with Crippen LogP contribution in [0.2, 0.25) is 0 Å². The van der Waals surface area contributed by atoms with Gasteiger partial charge in [0.25, 0.3) is 0 Å². The summed E-state index contributed by atoms with van der Waals surface area (Å²) in [6.07, 6.45) is 5.91. The fraction of sp³-hybridized carbons (Fsp3) is 0.500. The Morgan fingerprint density at radius 3 is 2.72 bits per heavy atom. The zero-order valence-corrected chi connectivity index (χ0v) is 16.7. The third-order valence-corrected chi connectivity index (χ3v) is 5.70. The number of morpholine rings is 1.